The van der Waals surface area contributed by atoms with E-state index in [4.69, 9.17) is 16.3 Å². The molecule has 0 aliphatic heterocycles. The van der Waals surface area contributed by atoms with Crippen LogP contribution >= 0.6 is 11.6 Å². The average Bonchev–Trinajstić information content (AvgIpc) is 3.17. The van der Waals surface area contributed by atoms with E-state index in [1.165, 1.54) is 17.7 Å². The third kappa shape index (κ3) is 4.91. The average molecular weight is 374 g/mol. The maximum Gasteiger partial charge on any atom is 0.124 e. The summed E-state index contributed by atoms with van der Waals surface area (Å²) in [6, 6.07) is 14.7. The van der Waals surface area contributed by atoms with Crippen LogP contribution in [0.5, 0.6) is 0 Å². The fourth-order valence-electron chi connectivity index (χ4n) is 2.76. The molecule has 1 heterocycles. The molecule has 0 radical (unpaired) electrons. The number of aromatic nitrogens is 2. The Kier molecular flexibility index (Phi) is 6.39. The number of halogens is 2. The Morgan fingerprint density at radius 2 is 1.96 bits per heavy atom. The summed E-state index contributed by atoms with van der Waals surface area (Å²) in [6.45, 7) is 2.75. The lowest BCUT2D eigenvalue weighted by Gasteiger charge is -2.23. The molecule has 0 aliphatic carbocycles. The van der Waals surface area contributed by atoms with Crippen LogP contribution < -0.4 is 0 Å². The highest BCUT2D eigenvalue weighted by molar-refractivity contribution is 6.31. The molecule has 0 bridgehead atoms. The molecule has 1 aromatic heterocycles. The van der Waals surface area contributed by atoms with Gasteiger partial charge in [0.05, 0.1) is 12.3 Å². The molecular formula is C20H21ClFN3O. The van der Waals surface area contributed by atoms with Crippen LogP contribution in [0.15, 0.2) is 60.9 Å². The molecule has 2 aromatic carbocycles. The molecule has 0 saturated heterocycles. The Hall–Kier alpha value is -2.21. The van der Waals surface area contributed by atoms with E-state index in [0.29, 0.717) is 18.2 Å². The van der Waals surface area contributed by atoms with Crippen LogP contribution in [-0.4, -0.2) is 34.9 Å². The van der Waals surface area contributed by atoms with Crippen molar-refractivity contribution in [2.24, 2.45) is 0 Å². The fraction of sp³-hybridized carbons (Fsp3) is 0.250. The van der Waals surface area contributed by atoms with Gasteiger partial charge in [-0.1, -0.05) is 29.8 Å². The van der Waals surface area contributed by atoms with Gasteiger partial charge in [0, 0.05) is 44.2 Å². The third-order valence-electron chi connectivity index (χ3n) is 4.13. The minimum Gasteiger partial charge on any atom is -0.383 e. The molecule has 0 aliphatic rings. The van der Waals surface area contributed by atoms with Gasteiger partial charge in [0.2, 0.25) is 0 Å². The van der Waals surface area contributed by atoms with Crippen LogP contribution in [0.4, 0.5) is 4.39 Å². The molecule has 0 amide bonds. The summed E-state index contributed by atoms with van der Waals surface area (Å²) < 4.78 is 20.3. The Morgan fingerprint density at radius 3 is 2.62 bits per heavy atom. The smallest absolute Gasteiger partial charge is 0.124 e. The highest BCUT2D eigenvalue weighted by Gasteiger charge is 2.10. The molecule has 0 N–H and O–H groups in total. The standard InChI is InChI=1S/C20H21ClFN3O/c1-26-12-11-24(15-17-5-6-18(22)13-20(17)21)14-16-3-7-19(8-4-16)25-10-2-9-23-25/h2-10,13H,11-12,14-15H2,1H3. The van der Waals surface area contributed by atoms with Gasteiger partial charge in [-0.05, 0) is 41.5 Å². The van der Waals surface area contributed by atoms with E-state index in [2.05, 4.69) is 22.1 Å². The summed E-state index contributed by atoms with van der Waals surface area (Å²) in [7, 11) is 1.68. The lowest BCUT2D eigenvalue weighted by atomic mass is 10.1. The van der Waals surface area contributed by atoms with Gasteiger partial charge in [0.1, 0.15) is 5.82 Å². The van der Waals surface area contributed by atoms with Gasteiger partial charge < -0.3 is 4.74 Å². The highest BCUT2D eigenvalue weighted by Crippen LogP contribution is 2.20. The summed E-state index contributed by atoms with van der Waals surface area (Å²) in [6.07, 6.45) is 3.67. The first kappa shape index (κ1) is 18.6. The second-order valence-corrected chi connectivity index (χ2v) is 6.46. The number of methoxy groups -OCH3 is 1. The van der Waals surface area contributed by atoms with E-state index < -0.39 is 0 Å². The first-order valence-corrected chi connectivity index (χ1v) is 8.77. The summed E-state index contributed by atoms with van der Waals surface area (Å²) in [5.41, 5.74) is 3.09. The van der Waals surface area contributed by atoms with E-state index >= 15 is 0 Å². The van der Waals surface area contributed by atoms with Crippen LogP contribution in [-0.2, 0) is 17.8 Å². The van der Waals surface area contributed by atoms with Gasteiger partial charge in [-0.3, -0.25) is 4.90 Å². The quantitative estimate of drug-likeness (QED) is 0.589. The van der Waals surface area contributed by atoms with Crippen molar-refractivity contribution in [3.8, 4) is 5.69 Å². The molecule has 0 fully saturated rings. The Labute approximate surface area is 157 Å². The minimum atomic E-state index is -0.323. The molecule has 0 unspecified atom stereocenters. The molecule has 136 valence electrons. The largest absolute Gasteiger partial charge is 0.383 e. The first-order chi connectivity index (χ1) is 12.7. The lowest BCUT2D eigenvalue weighted by Crippen LogP contribution is -2.26. The normalized spacial score (nSPS) is 11.2. The number of rotatable bonds is 8. The molecule has 0 atom stereocenters. The molecule has 26 heavy (non-hydrogen) atoms. The number of hydrogen-bond acceptors (Lipinski definition) is 3. The van der Waals surface area contributed by atoms with Crippen molar-refractivity contribution in [2.75, 3.05) is 20.3 Å². The number of nitrogens with zero attached hydrogens (tertiary/aromatic N) is 3. The molecule has 0 saturated carbocycles. The van der Waals surface area contributed by atoms with Crippen molar-refractivity contribution in [1.29, 1.82) is 0 Å². The van der Waals surface area contributed by atoms with Gasteiger partial charge in [0.25, 0.3) is 0 Å². The van der Waals surface area contributed by atoms with Crippen molar-refractivity contribution in [3.05, 3.63) is 82.9 Å². The molecule has 6 heteroatoms. The van der Waals surface area contributed by atoms with Gasteiger partial charge in [-0.15, -0.1) is 0 Å². The minimum absolute atomic E-state index is 0.323. The molecule has 3 rings (SSSR count). The van der Waals surface area contributed by atoms with Gasteiger partial charge in [0.15, 0.2) is 0 Å². The van der Waals surface area contributed by atoms with E-state index in [-0.39, 0.29) is 5.82 Å². The van der Waals surface area contributed by atoms with Crippen LogP contribution in [0, 0.1) is 5.82 Å². The lowest BCUT2D eigenvalue weighted by molar-refractivity contribution is 0.140. The van der Waals surface area contributed by atoms with Crippen molar-refractivity contribution in [3.63, 3.8) is 0 Å². The summed E-state index contributed by atoms with van der Waals surface area (Å²) in [5.74, 6) is -0.323. The Bertz CT molecular complexity index is 822. The zero-order valence-corrected chi connectivity index (χ0v) is 15.4. The van der Waals surface area contributed by atoms with Crippen LogP contribution in [0.3, 0.4) is 0 Å². The predicted molar refractivity (Wildman–Crippen MR) is 101 cm³/mol. The van der Waals surface area contributed by atoms with E-state index in [9.17, 15) is 4.39 Å². The predicted octanol–water partition coefficient (Wildman–Crippen LogP) is 4.31. The monoisotopic (exact) mass is 373 g/mol. The molecule has 3 aromatic rings. The van der Waals surface area contributed by atoms with Crippen LogP contribution in [0.25, 0.3) is 5.69 Å². The van der Waals surface area contributed by atoms with E-state index in [0.717, 1.165) is 24.3 Å². The maximum absolute atomic E-state index is 13.3. The van der Waals surface area contributed by atoms with Crippen LogP contribution in [0.1, 0.15) is 11.1 Å². The first-order valence-electron chi connectivity index (χ1n) is 8.40. The van der Waals surface area contributed by atoms with Crippen molar-refractivity contribution in [1.82, 2.24) is 14.7 Å². The molecule has 0 spiro atoms. The fourth-order valence-corrected chi connectivity index (χ4v) is 2.99. The van der Waals surface area contributed by atoms with Gasteiger partial charge >= 0.3 is 0 Å². The third-order valence-corrected chi connectivity index (χ3v) is 4.48. The SMILES string of the molecule is COCCN(Cc1ccc(-n2cccn2)cc1)Cc1ccc(F)cc1Cl. The van der Waals surface area contributed by atoms with Crippen molar-refractivity contribution < 1.29 is 9.13 Å². The van der Waals surface area contributed by atoms with Crippen molar-refractivity contribution in [2.45, 2.75) is 13.1 Å². The Balaban J connectivity index is 1.71. The summed E-state index contributed by atoms with van der Waals surface area (Å²) in [4.78, 5) is 2.23. The Morgan fingerprint density at radius 1 is 1.15 bits per heavy atom. The zero-order chi connectivity index (χ0) is 18.4. The van der Waals surface area contributed by atoms with Gasteiger partial charge in [-0.25, -0.2) is 9.07 Å². The van der Waals surface area contributed by atoms with Crippen molar-refractivity contribution >= 4 is 11.6 Å². The maximum atomic E-state index is 13.3. The van der Waals surface area contributed by atoms with Crippen LogP contribution in [0.2, 0.25) is 5.02 Å². The molecular weight excluding hydrogens is 353 g/mol. The van der Waals surface area contributed by atoms with E-state index in [1.54, 1.807) is 19.4 Å². The number of hydrogen-bond donors (Lipinski definition) is 0. The second-order valence-electron chi connectivity index (χ2n) is 6.06. The van der Waals surface area contributed by atoms with Gasteiger partial charge in [-0.2, -0.15) is 5.10 Å². The second kappa shape index (κ2) is 8.94. The number of ether oxygens (including phenoxy) is 1. The summed E-state index contributed by atoms with van der Waals surface area (Å²) in [5, 5.41) is 4.68. The number of benzene rings is 2. The van der Waals surface area contributed by atoms with E-state index in [1.807, 2.05) is 29.1 Å². The summed E-state index contributed by atoms with van der Waals surface area (Å²) >= 11 is 6.18. The zero-order valence-electron chi connectivity index (χ0n) is 14.6. The highest BCUT2D eigenvalue weighted by atomic mass is 35.5. The molecule has 4 nitrogen and oxygen atoms in total. The topological polar surface area (TPSA) is 30.3 Å².